The van der Waals surface area contributed by atoms with E-state index in [-0.39, 0.29) is 18.3 Å². The molecule has 0 saturated carbocycles. The SMILES string of the molecule is COc1ccc(C(NCc2ccc(F)c(F)c2)c2cccc(Nc3c(O)c(=O)c3=O)c2)cc1. The summed E-state index contributed by atoms with van der Waals surface area (Å²) in [6.07, 6.45) is 0. The third-order valence-electron chi connectivity index (χ3n) is 5.32. The summed E-state index contributed by atoms with van der Waals surface area (Å²) in [6.45, 7) is 0.254. The maximum atomic E-state index is 13.6. The molecule has 4 aromatic carbocycles. The van der Waals surface area contributed by atoms with E-state index >= 15 is 0 Å². The number of hydrogen-bond acceptors (Lipinski definition) is 6. The van der Waals surface area contributed by atoms with Crippen molar-refractivity contribution in [2.45, 2.75) is 12.6 Å². The summed E-state index contributed by atoms with van der Waals surface area (Å²) in [6, 6.07) is 17.8. The van der Waals surface area contributed by atoms with E-state index in [0.29, 0.717) is 17.0 Å². The fraction of sp³-hybridized carbons (Fsp3) is 0.120. The lowest BCUT2D eigenvalue weighted by Gasteiger charge is -2.21. The van der Waals surface area contributed by atoms with E-state index in [9.17, 15) is 23.5 Å². The molecule has 4 rings (SSSR count). The van der Waals surface area contributed by atoms with Crippen LogP contribution in [0, 0.1) is 11.6 Å². The first-order valence-electron chi connectivity index (χ1n) is 10.1. The van der Waals surface area contributed by atoms with Crippen molar-refractivity contribution in [2.75, 3.05) is 12.4 Å². The van der Waals surface area contributed by atoms with Gasteiger partial charge in [0.25, 0.3) is 10.9 Å². The minimum atomic E-state index is -0.922. The fourth-order valence-electron chi connectivity index (χ4n) is 3.53. The van der Waals surface area contributed by atoms with E-state index in [4.69, 9.17) is 4.74 Å². The van der Waals surface area contributed by atoms with Crippen molar-refractivity contribution >= 4 is 11.4 Å². The number of ether oxygens (including phenoxy) is 1. The van der Waals surface area contributed by atoms with Gasteiger partial charge in [0.1, 0.15) is 11.4 Å². The minimum absolute atomic E-state index is 0.145. The standard InChI is InChI=1S/C25H20F2N2O4/c1-33-18-8-6-15(7-9-18)21(28-13-14-5-10-19(26)20(27)11-14)16-3-2-4-17(12-16)29-22-23(30)25(32)24(22)31/h2-12,21,28-30H,13H2,1H3. The smallest absolute Gasteiger partial charge is 0.271 e. The van der Waals surface area contributed by atoms with Crippen LogP contribution >= 0.6 is 0 Å². The first-order valence-corrected chi connectivity index (χ1v) is 10.1. The maximum Gasteiger partial charge on any atom is 0.271 e. The largest absolute Gasteiger partial charge is 0.502 e. The summed E-state index contributed by atoms with van der Waals surface area (Å²) >= 11 is 0. The molecule has 0 radical (unpaired) electrons. The van der Waals surface area contributed by atoms with Gasteiger partial charge in [0.15, 0.2) is 17.4 Å². The molecule has 6 nitrogen and oxygen atoms in total. The van der Waals surface area contributed by atoms with Crippen molar-refractivity contribution in [3.05, 3.63) is 116 Å². The highest BCUT2D eigenvalue weighted by molar-refractivity contribution is 5.69. The number of anilines is 2. The van der Waals surface area contributed by atoms with Gasteiger partial charge in [-0.15, -0.1) is 0 Å². The lowest BCUT2D eigenvalue weighted by Crippen LogP contribution is -2.32. The molecule has 3 N–H and O–H groups in total. The second-order valence-electron chi connectivity index (χ2n) is 7.47. The van der Waals surface area contributed by atoms with Crippen molar-refractivity contribution < 1.29 is 18.6 Å². The van der Waals surface area contributed by atoms with E-state index in [0.717, 1.165) is 23.3 Å². The first kappa shape index (κ1) is 22.2. The monoisotopic (exact) mass is 450 g/mol. The van der Waals surface area contributed by atoms with Crippen LogP contribution in [0.25, 0.3) is 0 Å². The van der Waals surface area contributed by atoms with Crippen LogP contribution < -0.4 is 26.2 Å². The lowest BCUT2D eigenvalue weighted by atomic mass is 9.97. The highest BCUT2D eigenvalue weighted by Gasteiger charge is 2.21. The van der Waals surface area contributed by atoms with Crippen LogP contribution in [0.15, 0.2) is 76.3 Å². The van der Waals surface area contributed by atoms with E-state index < -0.39 is 28.2 Å². The van der Waals surface area contributed by atoms with Crippen LogP contribution in [0.3, 0.4) is 0 Å². The third kappa shape index (κ3) is 4.61. The molecule has 4 aromatic rings. The summed E-state index contributed by atoms with van der Waals surface area (Å²) in [5.74, 6) is -1.74. The zero-order chi connectivity index (χ0) is 23.5. The predicted octanol–water partition coefficient (Wildman–Crippen LogP) is 3.90. The summed E-state index contributed by atoms with van der Waals surface area (Å²) < 4.78 is 32.1. The number of rotatable bonds is 8. The van der Waals surface area contributed by atoms with Crippen LogP contribution in [0.2, 0.25) is 0 Å². The Morgan fingerprint density at radius 3 is 2.33 bits per heavy atom. The van der Waals surface area contributed by atoms with Gasteiger partial charge in [-0.3, -0.25) is 9.59 Å². The number of halogens is 2. The average molecular weight is 450 g/mol. The normalized spacial score (nSPS) is 12.0. The number of benzene rings is 3. The molecule has 1 atom stereocenters. The number of methoxy groups -OCH3 is 1. The van der Waals surface area contributed by atoms with E-state index in [1.165, 1.54) is 6.07 Å². The molecule has 0 aliphatic carbocycles. The summed E-state index contributed by atoms with van der Waals surface area (Å²) in [4.78, 5) is 22.9. The Morgan fingerprint density at radius 1 is 0.909 bits per heavy atom. The zero-order valence-electron chi connectivity index (χ0n) is 17.6. The van der Waals surface area contributed by atoms with Gasteiger partial charge in [-0.1, -0.05) is 30.3 Å². The number of nitrogens with one attached hydrogen (secondary N) is 2. The van der Waals surface area contributed by atoms with Crippen molar-refractivity contribution in [2.24, 2.45) is 0 Å². The molecule has 0 aliphatic heterocycles. The van der Waals surface area contributed by atoms with E-state index in [2.05, 4.69) is 10.6 Å². The topological polar surface area (TPSA) is 87.7 Å². The van der Waals surface area contributed by atoms with Gasteiger partial charge >= 0.3 is 0 Å². The van der Waals surface area contributed by atoms with E-state index in [1.54, 1.807) is 25.3 Å². The Labute approximate surface area is 187 Å². The second kappa shape index (κ2) is 9.22. The Hall–Kier alpha value is -4.04. The van der Waals surface area contributed by atoms with Gasteiger partial charge in [-0.05, 0) is 53.1 Å². The van der Waals surface area contributed by atoms with Crippen molar-refractivity contribution in [3.8, 4) is 11.5 Å². The molecule has 0 spiro atoms. The number of hydrogen-bond donors (Lipinski definition) is 3. The van der Waals surface area contributed by atoms with Gasteiger partial charge in [0.05, 0.1) is 13.2 Å². The van der Waals surface area contributed by atoms with Gasteiger partial charge in [-0.25, -0.2) is 8.78 Å². The van der Waals surface area contributed by atoms with Gasteiger partial charge in [0.2, 0.25) is 0 Å². The summed E-state index contributed by atoms with van der Waals surface area (Å²) in [5.41, 5.74) is 0.906. The average Bonchev–Trinajstić information content (AvgIpc) is 2.84. The molecule has 168 valence electrons. The minimum Gasteiger partial charge on any atom is -0.502 e. The van der Waals surface area contributed by atoms with Gasteiger partial charge < -0.3 is 20.5 Å². The van der Waals surface area contributed by atoms with Crippen LogP contribution in [-0.4, -0.2) is 12.2 Å². The molecule has 0 amide bonds. The van der Waals surface area contributed by atoms with Crippen LogP contribution in [0.4, 0.5) is 20.2 Å². The highest BCUT2D eigenvalue weighted by Crippen LogP contribution is 2.28. The van der Waals surface area contributed by atoms with Crippen molar-refractivity contribution in [1.82, 2.24) is 5.32 Å². The Kier molecular flexibility index (Phi) is 6.19. The third-order valence-corrected chi connectivity index (χ3v) is 5.32. The van der Waals surface area contributed by atoms with Crippen molar-refractivity contribution in [3.63, 3.8) is 0 Å². The summed E-state index contributed by atoms with van der Waals surface area (Å²) in [5, 5.41) is 15.8. The quantitative estimate of drug-likeness (QED) is 0.353. The molecule has 33 heavy (non-hydrogen) atoms. The van der Waals surface area contributed by atoms with Crippen LogP contribution in [0.5, 0.6) is 11.5 Å². The molecule has 0 fully saturated rings. The van der Waals surface area contributed by atoms with Gasteiger partial charge in [0, 0.05) is 12.2 Å². The van der Waals surface area contributed by atoms with Crippen LogP contribution in [0.1, 0.15) is 22.7 Å². The highest BCUT2D eigenvalue weighted by atomic mass is 19.2. The Morgan fingerprint density at radius 2 is 1.67 bits per heavy atom. The molecule has 0 aliphatic rings. The molecule has 0 heterocycles. The molecule has 8 heteroatoms. The molecule has 0 saturated heterocycles. The number of aromatic hydroxyl groups is 1. The zero-order valence-corrected chi connectivity index (χ0v) is 17.6. The molecular formula is C25H20F2N2O4. The Bertz CT molecular complexity index is 1360. The molecule has 0 bridgehead atoms. The molecule has 0 aromatic heterocycles. The molecule has 1 unspecified atom stereocenters. The van der Waals surface area contributed by atoms with Gasteiger partial charge in [-0.2, -0.15) is 0 Å². The first-order chi connectivity index (χ1) is 15.9. The van der Waals surface area contributed by atoms with Crippen molar-refractivity contribution in [1.29, 1.82) is 0 Å². The van der Waals surface area contributed by atoms with Crippen LogP contribution in [-0.2, 0) is 6.54 Å². The molecular weight excluding hydrogens is 430 g/mol. The summed E-state index contributed by atoms with van der Waals surface area (Å²) in [7, 11) is 1.57. The fourth-order valence-corrected chi connectivity index (χ4v) is 3.53. The predicted molar refractivity (Wildman–Crippen MR) is 121 cm³/mol. The maximum absolute atomic E-state index is 13.6. The second-order valence-corrected chi connectivity index (χ2v) is 7.47. The Balaban J connectivity index is 1.64. The lowest BCUT2D eigenvalue weighted by molar-refractivity contribution is 0.414. The van der Waals surface area contributed by atoms with E-state index in [1.807, 2.05) is 30.3 Å².